The van der Waals surface area contributed by atoms with E-state index >= 15 is 0 Å². The normalized spacial score (nSPS) is 11.1. The molecule has 0 aliphatic carbocycles. The highest BCUT2D eigenvalue weighted by molar-refractivity contribution is 5.56. The number of allylic oxidation sites excluding steroid dienone is 1. The lowest BCUT2D eigenvalue weighted by Crippen LogP contribution is -2.22. The Bertz CT molecular complexity index is 377. The minimum absolute atomic E-state index is 0.694. The molecule has 3 nitrogen and oxygen atoms in total. The molecule has 0 aliphatic heterocycles. The molecule has 0 aliphatic rings. The van der Waals surface area contributed by atoms with Crippen LogP contribution in [0.25, 0.3) is 6.08 Å². The standard InChI is InChI=1S/C17H27NO2/c1-3-9-16-10-5-6-11-17(16)20-15-13-18-12-7-8-14-19-4-2/h3,5-6,9-11,18H,4,7-8,12-15H2,1-2H3. The molecule has 0 aromatic heterocycles. The summed E-state index contributed by atoms with van der Waals surface area (Å²) in [6, 6.07) is 8.11. The van der Waals surface area contributed by atoms with E-state index in [-0.39, 0.29) is 0 Å². The van der Waals surface area contributed by atoms with E-state index in [9.17, 15) is 0 Å². The molecule has 0 saturated heterocycles. The molecule has 0 heterocycles. The monoisotopic (exact) mass is 277 g/mol. The van der Waals surface area contributed by atoms with E-state index in [4.69, 9.17) is 9.47 Å². The van der Waals surface area contributed by atoms with E-state index < -0.39 is 0 Å². The zero-order valence-electron chi connectivity index (χ0n) is 12.7. The third-order valence-electron chi connectivity index (χ3n) is 2.90. The Balaban J connectivity index is 2.09. The molecule has 1 N–H and O–H groups in total. The Morgan fingerprint density at radius 1 is 1.10 bits per heavy atom. The third-order valence-corrected chi connectivity index (χ3v) is 2.90. The molecule has 0 atom stereocenters. The van der Waals surface area contributed by atoms with Crippen molar-refractivity contribution in [2.75, 3.05) is 32.9 Å². The summed E-state index contributed by atoms with van der Waals surface area (Å²) in [7, 11) is 0. The second kappa shape index (κ2) is 11.5. The van der Waals surface area contributed by atoms with Gasteiger partial charge in [-0.15, -0.1) is 0 Å². The molecule has 0 radical (unpaired) electrons. The number of nitrogens with one attached hydrogen (secondary N) is 1. The van der Waals surface area contributed by atoms with Crippen molar-refractivity contribution in [1.29, 1.82) is 0 Å². The predicted molar refractivity (Wildman–Crippen MR) is 85.2 cm³/mol. The van der Waals surface area contributed by atoms with Gasteiger partial charge in [0.2, 0.25) is 0 Å². The van der Waals surface area contributed by atoms with Gasteiger partial charge in [0.15, 0.2) is 0 Å². The number of ether oxygens (including phenoxy) is 2. The Morgan fingerprint density at radius 2 is 1.95 bits per heavy atom. The van der Waals surface area contributed by atoms with Crippen LogP contribution in [0.2, 0.25) is 0 Å². The van der Waals surface area contributed by atoms with Crippen LogP contribution in [0, 0.1) is 0 Å². The van der Waals surface area contributed by atoms with Gasteiger partial charge in [-0.05, 0) is 39.3 Å². The fraction of sp³-hybridized carbons (Fsp3) is 0.529. The van der Waals surface area contributed by atoms with Crippen LogP contribution in [0.1, 0.15) is 32.3 Å². The quantitative estimate of drug-likeness (QED) is 0.628. The number of hydrogen-bond acceptors (Lipinski definition) is 3. The van der Waals surface area contributed by atoms with E-state index in [1.807, 2.05) is 38.1 Å². The van der Waals surface area contributed by atoms with Gasteiger partial charge >= 0.3 is 0 Å². The smallest absolute Gasteiger partial charge is 0.126 e. The summed E-state index contributed by atoms with van der Waals surface area (Å²) in [6.45, 7) is 8.31. The number of rotatable bonds is 11. The van der Waals surface area contributed by atoms with Crippen molar-refractivity contribution in [1.82, 2.24) is 5.32 Å². The van der Waals surface area contributed by atoms with E-state index in [1.165, 1.54) is 0 Å². The molecule has 0 unspecified atom stereocenters. The van der Waals surface area contributed by atoms with Gasteiger partial charge in [0.1, 0.15) is 12.4 Å². The maximum absolute atomic E-state index is 5.80. The summed E-state index contributed by atoms with van der Waals surface area (Å²) in [4.78, 5) is 0. The summed E-state index contributed by atoms with van der Waals surface area (Å²) >= 11 is 0. The Morgan fingerprint density at radius 3 is 2.75 bits per heavy atom. The molecule has 112 valence electrons. The van der Waals surface area contributed by atoms with E-state index in [0.717, 1.165) is 50.5 Å². The minimum Gasteiger partial charge on any atom is -0.492 e. The fourth-order valence-corrected chi connectivity index (χ4v) is 1.89. The van der Waals surface area contributed by atoms with Crippen LogP contribution in [0.5, 0.6) is 5.75 Å². The third kappa shape index (κ3) is 7.31. The molecule has 0 spiro atoms. The molecule has 1 rings (SSSR count). The second-order valence-electron chi connectivity index (χ2n) is 4.54. The van der Waals surface area contributed by atoms with Crippen molar-refractivity contribution in [2.45, 2.75) is 26.7 Å². The summed E-state index contributed by atoms with van der Waals surface area (Å²) in [5, 5.41) is 3.39. The molecule has 0 saturated carbocycles. The van der Waals surface area contributed by atoms with Gasteiger partial charge in [-0.1, -0.05) is 30.4 Å². The van der Waals surface area contributed by atoms with Crippen molar-refractivity contribution in [3.05, 3.63) is 35.9 Å². The topological polar surface area (TPSA) is 30.5 Å². The summed E-state index contributed by atoms with van der Waals surface area (Å²) < 4.78 is 11.1. The maximum Gasteiger partial charge on any atom is 0.126 e. The molecular weight excluding hydrogens is 250 g/mol. The highest BCUT2D eigenvalue weighted by Gasteiger charge is 1.98. The van der Waals surface area contributed by atoms with E-state index in [1.54, 1.807) is 0 Å². The highest BCUT2D eigenvalue weighted by Crippen LogP contribution is 2.18. The summed E-state index contributed by atoms with van der Waals surface area (Å²) in [5.74, 6) is 0.948. The molecular formula is C17H27NO2. The molecule has 1 aromatic rings. The Labute approximate surface area is 123 Å². The fourth-order valence-electron chi connectivity index (χ4n) is 1.89. The van der Waals surface area contributed by atoms with Crippen LogP contribution >= 0.6 is 0 Å². The van der Waals surface area contributed by atoms with Crippen LogP contribution in [0.4, 0.5) is 0 Å². The van der Waals surface area contributed by atoms with Gasteiger partial charge in [-0.2, -0.15) is 0 Å². The van der Waals surface area contributed by atoms with Crippen LogP contribution in [-0.2, 0) is 4.74 Å². The highest BCUT2D eigenvalue weighted by atomic mass is 16.5. The van der Waals surface area contributed by atoms with Crippen LogP contribution in [-0.4, -0.2) is 32.9 Å². The first kappa shape index (κ1) is 16.7. The van der Waals surface area contributed by atoms with Crippen LogP contribution in [0.3, 0.4) is 0 Å². The molecule has 1 aromatic carbocycles. The maximum atomic E-state index is 5.80. The summed E-state index contributed by atoms with van der Waals surface area (Å²) in [6.07, 6.45) is 6.36. The van der Waals surface area contributed by atoms with Gasteiger partial charge in [0.25, 0.3) is 0 Å². The van der Waals surface area contributed by atoms with Crippen LogP contribution in [0.15, 0.2) is 30.3 Å². The molecule has 0 fully saturated rings. The van der Waals surface area contributed by atoms with Crippen molar-refractivity contribution in [2.24, 2.45) is 0 Å². The van der Waals surface area contributed by atoms with E-state index in [2.05, 4.69) is 17.5 Å². The minimum atomic E-state index is 0.694. The van der Waals surface area contributed by atoms with Gasteiger partial charge in [-0.3, -0.25) is 0 Å². The average Bonchev–Trinajstić information content (AvgIpc) is 2.47. The van der Waals surface area contributed by atoms with Gasteiger partial charge in [0, 0.05) is 25.3 Å². The lowest BCUT2D eigenvalue weighted by molar-refractivity contribution is 0.143. The van der Waals surface area contributed by atoms with Crippen LogP contribution < -0.4 is 10.1 Å². The average molecular weight is 277 g/mol. The largest absolute Gasteiger partial charge is 0.492 e. The second-order valence-corrected chi connectivity index (χ2v) is 4.54. The van der Waals surface area contributed by atoms with Crippen molar-refractivity contribution in [3.63, 3.8) is 0 Å². The molecule has 3 heteroatoms. The zero-order chi connectivity index (χ0) is 14.5. The number of hydrogen-bond donors (Lipinski definition) is 1. The van der Waals surface area contributed by atoms with E-state index in [0.29, 0.717) is 6.61 Å². The van der Waals surface area contributed by atoms with Crippen molar-refractivity contribution < 1.29 is 9.47 Å². The molecule has 0 bridgehead atoms. The van der Waals surface area contributed by atoms with Crippen molar-refractivity contribution >= 4 is 6.08 Å². The SMILES string of the molecule is CC=Cc1ccccc1OCCNCCCCOCC. The van der Waals surface area contributed by atoms with Gasteiger partial charge < -0.3 is 14.8 Å². The number of benzene rings is 1. The van der Waals surface area contributed by atoms with Gasteiger partial charge in [-0.25, -0.2) is 0 Å². The predicted octanol–water partition coefficient (Wildman–Crippen LogP) is 3.50. The number of para-hydroxylation sites is 1. The Hall–Kier alpha value is -1.32. The Kier molecular flexibility index (Phi) is 9.62. The first-order valence-electron chi connectivity index (χ1n) is 7.51. The molecule has 20 heavy (non-hydrogen) atoms. The first-order valence-corrected chi connectivity index (χ1v) is 7.51. The van der Waals surface area contributed by atoms with Gasteiger partial charge in [0.05, 0.1) is 0 Å². The zero-order valence-corrected chi connectivity index (χ0v) is 12.7. The summed E-state index contributed by atoms with van der Waals surface area (Å²) in [5.41, 5.74) is 1.13. The van der Waals surface area contributed by atoms with Crippen molar-refractivity contribution in [3.8, 4) is 5.75 Å². The lowest BCUT2D eigenvalue weighted by Gasteiger charge is -2.10. The number of unbranched alkanes of at least 4 members (excludes halogenated alkanes) is 1. The first-order chi connectivity index (χ1) is 9.88. The lowest BCUT2D eigenvalue weighted by atomic mass is 10.2. The molecule has 0 amide bonds.